The van der Waals surface area contributed by atoms with Gasteiger partial charge in [0, 0.05) is 24.6 Å². The number of benzene rings is 1. The number of likely N-dealkylation sites (tertiary alicyclic amines) is 1. The van der Waals surface area contributed by atoms with Crippen molar-refractivity contribution < 1.29 is 38.9 Å². The molecule has 0 aromatic heterocycles. The van der Waals surface area contributed by atoms with Crippen LogP contribution in [-0.4, -0.2) is 77.5 Å². The molecule has 1 aliphatic rings. The van der Waals surface area contributed by atoms with Crippen LogP contribution in [0.1, 0.15) is 23.2 Å². The molecule has 1 aromatic carbocycles. The SMILES string of the molecule is N=C(N)N1CCC(C(=O)NCC(=O)c2ccc(OCC(=O)O)c(OCC(=O)O)c2)CC1. The third-order valence-corrected chi connectivity index (χ3v) is 4.60. The zero-order valence-electron chi connectivity index (χ0n) is 16.6. The molecule has 1 aliphatic heterocycles. The quantitative estimate of drug-likeness (QED) is 0.182. The van der Waals surface area contributed by atoms with Crippen molar-refractivity contribution in [3.63, 3.8) is 0 Å². The van der Waals surface area contributed by atoms with Crippen molar-refractivity contribution in [2.45, 2.75) is 12.8 Å². The van der Waals surface area contributed by atoms with E-state index in [9.17, 15) is 19.2 Å². The van der Waals surface area contributed by atoms with E-state index in [4.69, 9.17) is 30.8 Å². The summed E-state index contributed by atoms with van der Waals surface area (Å²) in [6, 6.07) is 3.90. The van der Waals surface area contributed by atoms with Gasteiger partial charge >= 0.3 is 11.9 Å². The Bertz CT molecular complexity index is 864. The molecule has 0 saturated carbocycles. The molecule has 1 fully saturated rings. The summed E-state index contributed by atoms with van der Waals surface area (Å²) in [6.07, 6.45) is 1.03. The van der Waals surface area contributed by atoms with Crippen LogP contribution in [0.3, 0.4) is 0 Å². The van der Waals surface area contributed by atoms with Gasteiger partial charge in [0.05, 0.1) is 6.54 Å². The minimum absolute atomic E-state index is 0.0264. The lowest BCUT2D eigenvalue weighted by Crippen LogP contribution is -2.45. The molecule has 12 heteroatoms. The summed E-state index contributed by atoms with van der Waals surface area (Å²) in [4.78, 5) is 47.9. The van der Waals surface area contributed by atoms with Crippen LogP contribution in [0.4, 0.5) is 0 Å². The van der Waals surface area contributed by atoms with E-state index >= 15 is 0 Å². The van der Waals surface area contributed by atoms with E-state index in [1.165, 1.54) is 18.2 Å². The Morgan fingerprint density at radius 3 is 2.19 bits per heavy atom. The van der Waals surface area contributed by atoms with Gasteiger partial charge in [0.15, 0.2) is 36.5 Å². The molecule has 0 spiro atoms. The monoisotopic (exact) mass is 436 g/mol. The summed E-state index contributed by atoms with van der Waals surface area (Å²) in [5, 5.41) is 27.5. The van der Waals surface area contributed by atoms with Crippen molar-refractivity contribution in [2.75, 3.05) is 32.8 Å². The van der Waals surface area contributed by atoms with E-state index in [2.05, 4.69) is 5.32 Å². The van der Waals surface area contributed by atoms with Crippen molar-refractivity contribution >= 4 is 29.6 Å². The van der Waals surface area contributed by atoms with Crippen LogP contribution in [-0.2, 0) is 14.4 Å². The topological polar surface area (TPSA) is 192 Å². The maximum atomic E-state index is 12.5. The number of Topliss-reactive ketones (excluding diaryl/α,β-unsaturated/α-hetero) is 1. The highest BCUT2D eigenvalue weighted by molar-refractivity contribution is 6.00. The Kier molecular flexibility index (Phi) is 8.17. The molecule has 12 nitrogen and oxygen atoms in total. The summed E-state index contributed by atoms with van der Waals surface area (Å²) in [7, 11) is 0. The first-order valence-corrected chi connectivity index (χ1v) is 9.40. The number of ether oxygens (including phenoxy) is 2. The van der Waals surface area contributed by atoms with Crippen LogP contribution in [0.5, 0.6) is 11.5 Å². The predicted octanol–water partition coefficient (Wildman–Crippen LogP) is -0.482. The first-order valence-electron chi connectivity index (χ1n) is 9.40. The normalized spacial score (nSPS) is 13.9. The number of carboxylic acids is 2. The van der Waals surface area contributed by atoms with Crippen molar-refractivity contribution in [3.8, 4) is 11.5 Å². The van der Waals surface area contributed by atoms with E-state index in [-0.39, 0.29) is 41.4 Å². The number of nitrogens with zero attached hydrogens (tertiary/aromatic N) is 1. The number of carbonyl (C=O) groups is 4. The van der Waals surface area contributed by atoms with Crippen LogP contribution < -0.4 is 20.5 Å². The van der Waals surface area contributed by atoms with Gasteiger partial charge in [0.1, 0.15) is 0 Å². The predicted molar refractivity (Wildman–Crippen MR) is 106 cm³/mol. The van der Waals surface area contributed by atoms with E-state index in [1.807, 2.05) is 0 Å². The fourth-order valence-corrected chi connectivity index (χ4v) is 2.99. The summed E-state index contributed by atoms with van der Waals surface area (Å²) < 4.78 is 10.1. The first-order chi connectivity index (χ1) is 14.7. The smallest absolute Gasteiger partial charge is 0.341 e. The van der Waals surface area contributed by atoms with Crippen LogP contribution in [0.2, 0.25) is 0 Å². The molecule has 1 amide bonds. The standard InChI is InChI=1S/C19H24N4O8/c20-19(21)23-5-3-11(4-6-23)18(29)22-8-13(24)12-1-2-14(30-9-16(25)26)15(7-12)31-10-17(27)28/h1-2,7,11H,3-6,8-10H2,(H3,20,21)(H,22,29)(H,25,26)(H,27,28). The molecule has 31 heavy (non-hydrogen) atoms. The lowest BCUT2D eigenvalue weighted by molar-refractivity contribution is -0.140. The fourth-order valence-electron chi connectivity index (χ4n) is 2.99. The third-order valence-electron chi connectivity index (χ3n) is 4.60. The Labute approximate surface area is 177 Å². The van der Waals surface area contributed by atoms with Gasteiger partial charge in [-0.2, -0.15) is 0 Å². The van der Waals surface area contributed by atoms with Gasteiger partial charge in [-0.05, 0) is 31.0 Å². The minimum Gasteiger partial charge on any atom is -0.479 e. The zero-order valence-corrected chi connectivity index (χ0v) is 16.6. The second-order valence-electron chi connectivity index (χ2n) is 6.81. The van der Waals surface area contributed by atoms with E-state index < -0.39 is 30.9 Å². The number of ketones is 1. The van der Waals surface area contributed by atoms with Crippen LogP contribution >= 0.6 is 0 Å². The van der Waals surface area contributed by atoms with Crippen molar-refractivity contribution in [3.05, 3.63) is 23.8 Å². The highest BCUT2D eigenvalue weighted by Gasteiger charge is 2.26. The number of rotatable bonds is 10. The Morgan fingerprint density at radius 1 is 1.06 bits per heavy atom. The number of piperidine rings is 1. The highest BCUT2D eigenvalue weighted by Crippen LogP contribution is 2.28. The van der Waals surface area contributed by atoms with Gasteiger partial charge in [-0.3, -0.25) is 15.0 Å². The highest BCUT2D eigenvalue weighted by atomic mass is 16.5. The second kappa shape index (κ2) is 10.8. The van der Waals surface area contributed by atoms with Gasteiger partial charge in [-0.15, -0.1) is 0 Å². The number of hydrogen-bond acceptors (Lipinski definition) is 7. The van der Waals surface area contributed by atoms with Crippen molar-refractivity contribution in [2.24, 2.45) is 11.7 Å². The molecule has 1 heterocycles. The molecule has 0 unspecified atom stereocenters. The molecule has 2 rings (SSSR count). The number of amides is 1. The molecule has 0 radical (unpaired) electrons. The molecule has 1 saturated heterocycles. The van der Waals surface area contributed by atoms with Crippen molar-refractivity contribution in [1.29, 1.82) is 5.41 Å². The summed E-state index contributed by atoms with van der Waals surface area (Å²) >= 11 is 0. The molecule has 0 atom stereocenters. The number of hydrogen-bond donors (Lipinski definition) is 5. The lowest BCUT2D eigenvalue weighted by Gasteiger charge is -2.31. The number of carbonyl (C=O) groups excluding carboxylic acids is 2. The molecule has 0 aliphatic carbocycles. The summed E-state index contributed by atoms with van der Waals surface area (Å²) in [5.74, 6) is -3.67. The third kappa shape index (κ3) is 7.17. The van der Waals surface area contributed by atoms with E-state index in [0.29, 0.717) is 25.9 Å². The average Bonchev–Trinajstić information content (AvgIpc) is 2.74. The summed E-state index contributed by atoms with van der Waals surface area (Å²) in [6.45, 7) is -0.682. The number of aliphatic carboxylic acids is 2. The zero-order chi connectivity index (χ0) is 23.0. The summed E-state index contributed by atoms with van der Waals surface area (Å²) in [5.41, 5.74) is 5.56. The van der Waals surface area contributed by atoms with Gasteiger partial charge in [0.2, 0.25) is 5.91 Å². The van der Waals surface area contributed by atoms with Gasteiger partial charge in [-0.1, -0.05) is 0 Å². The molecule has 0 bridgehead atoms. The molecular weight excluding hydrogens is 412 g/mol. The van der Waals surface area contributed by atoms with E-state index in [0.717, 1.165) is 0 Å². The Balaban J connectivity index is 1.97. The number of nitrogens with two attached hydrogens (primary N) is 1. The average molecular weight is 436 g/mol. The number of guanidine groups is 1. The van der Waals surface area contributed by atoms with Crippen LogP contribution in [0.15, 0.2) is 18.2 Å². The van der Waals surface area contributed by atoms with Crippen LogP contribution in [0.25, 0.3) is 0 Å². The van der Waals surface area contributed by atoms with Gasteiger partial charge < -0.3 is 35.6 Å². The fraction of sp³-hybridized carbons (Fsp3) is 0.421. The molecule has 168 valence electrons. The van der Waals surface area contributed by atoms with Gasteiger partial charge in [0.25, 0.3) is 0 Å². The van der Waals surface area contributed by atoms with Crippen molar-refractivity contribution in [1.82, 2.24) is 10.2 Å². The van der Waals surface area contributed by atoms with Gasteiger partial charge in [-0.25, -0.2) is 9.59 Å². The largest absolute Gasteiger partial charge is 0.479 e. The lowest BCUT2D eigenvalue weighted by atomic mass is 9.96. The second-order valence-corrected chi connectivity index (χ2v) is 6.81. The number of carboxylic acid groups (broad SMARTS) is 2. The Morgan fingerprint density at radius 2 is 1.65 bits per heavy atom. The maximum Gasteiger partial charge on any atom is 0.341 e. The number of nitrogens with one attached hydrogen (secondary N) is 2. The molecule has 1 aromatic rings. The first kappa shape index (κ1) is 23.4. The van der Waals surface area contributed by atoms with Crippen LogP contribution in [0, 0.1) is 11.3 Å². The molecule has 6 N–H and O–H groups in total. The molecular formula is C19H24N4O8. The minimum atomic E-state index is -1.26. The van der Waals surface area contributed by atoms with E-state index in [1.54, 1.807) is 4.90 Å². The Hall–Kier alpha value is -3.83. The maximum absolute atomic E-state index is 12.5.